The second-order valence-corrected chi connectivity index (χ2v) is 7.68. The van der Waals surface area contributed by atoms with Gasteiger partial charge in [0.1, 0.15) is 0 Å². The first-order chi connectivity index (χ1) is 5.95. The van der Waals surface area contributed by atoms with Crippen LogP contribution in [0, 0.1) is 0 Å². The van der Waals surface area contributed by atoms with Crippen LogP contribution < -0.4 is 0 Å². The first kappa shape index (κ1) is 14.3. The van der Waals surface area contributed by atoms with Crippen LogP contribution in [0.3, 0.4) is 0 Å². The number of carbonyl (C=O) groups is 1. The van der Waals surface area contributed by atoms with Crippen LogP contribution in [0.1, 0.15) is 26.2 Å². The van der Waals surface area contributed by atoms with Crippen LogP contribution in [0.4, 0.5) is 0 Å². The Morgan fingerprint density at radius 2 is 1.85 bits per heavy atom. The Morgan fingerprint density at radius 1 is 1.31 bits per heavy atom. The number of ketones is 1. The van der Waals surface area contributed by atoms with E-state index in [9.17, 15) is 4.79 Å². The molecule has 0 spiro atoms. The summed E-state index contributed by atoms with van der Waals surface area (Å²) in [5.74, 6) is 0.122. The first-order valence-corrected chi connectivity index (χ1v) is 7.12. The van der Waals surface area contributed by atoms with Gasteiger partial charge in [0, 0.05) is 11.2 Å². The van der Waals surface area contributed by atoms with E-state index in [0.717, 1.165) is 12.8 Å². The second-order valence-electron chi connectivity index (χ2n) is 2.67. The van der Waals surface area contributed by atoms with Gasteiger partial charge in [0.2, 0.25) is 0 Å². The maximum absolute atomic E-state index is 11.4. The minimum atomic E-state index is 0.122. The molecule has 0 aromatic carbocycles. The Labute approximate surface area is 112 Å². The van der Waals surface area contributed by atoms with E-state index in [2.05, 4.69) is 70.6 Å². The fraction of sp³-hybridized carbons (Fsp3) is 0.625. The highest BCUT2D eigenvalue weighted by molar-refractivity contribution is 9.29. The molecule has 0 saturated carbocycles. The van der Waals surface area contributed by atoms with Crippen molar-refractivity contribution in [1.82, 2.24) is 0 Å². The predicted molar refractivity (Wildman–Crippen MR) is 71.1 cm³/mol. The number of Topliss-reactive ketones (excluding diaryl/α,β-unsaturated/α-hetero) is 1. The molecule has 0 rings (SSSR count). The SMILES string of the molecule is CC(Br)CCCC(=O)C(Br)=C(Br)Br. The molecular weight excluding hydrogens is 432 g/mol. The highest BCUT2D eigenvalue weighted by atomic mass is 79.9. The van der Waals surface area contributed by atoms with Gasteiger partial charge in [-0.1, -0.05) is 22.9 Å². The monoisotopic (exact) mass is 438 g/mol. The number of halogens is 4. The third-order valence-electron chi connectivity index (χ3n) is 1.42. The molecule has 1 atom stereocenters. The van der Waals surface area contributed by atoms with Gasteiger partial charge in [0.05, 0.1) is 7.87 Å². The van der Waals surface area contributed by atoms with Crippen LogP contribution in [0.25, 0.3) is 0 Å². The van der Waals surface area contributed by atoms with Gasteiger partial charge in [-0.05, 0) is 60.6 Å². The van der Waals surface area contributed by atoms with Crippen molar-refractivity contribution in [2.24, 2.45) is 0 Å². The second kappa shape index (κ2) is 7.60. The van der Waals surface area contributed by atoms with Gasteiger partial charge in [-0.15, -0.1) is 0 Å². The van der Waals surface area contributed by atoms with Crippen LogP contribution in [0.5, 0.6) is 0 Å². The molecule has 0 N–H and O–H groups in total. The number of hydrogen-bond acceptors (Lipinski definition) is 1. The van der Waals surface area contributed by atoms with Crippen LogP contribution in [-0.2, 0) is 4.79 Å². The van der Waals surface area contributed by atoms with Gasteiger partial charge in [-0.25, -0.2) is 0 Å². The average molecular weight is 442 g/mol. The molecule has 0 aromatic rings. The van der Waals surface area contributed by atoms with Gasteiger partial charge in [-0.2, -0.15) is 0 Å². The molecule has 0 amide bonds. The lowest BCUT2D eigenvalue weighted by Gasteiger charge is -2.02. The largest absolute Gasteiger partial charge is 0.294 e. The highest BCUT2D eigenvalue weighted by Gasteiger charge is 2.09. The number of hydrogen-bond donors (Lipinski definition) is 0. The molecule has 0 radical (unpaired) electrons. The zero-order valence-corrected chi connectivity index (χ0v) is 13.5. The van der Waals surface area contributed by atoms with Crippen molar-refractivity contribution in [3.63, 3.8) is 0 Å². The van der Waals surface area contributed by atoms with Crippen molar-refractivity contribution in [3.8, 4) is 0 Å². The molecule has 0 aliphatic heterocycles. The topological polar surface area (TPSA) is 17.1 Å². The Hall–Kier alpha value is 1.33. The summed E-state index contributed by atoms with van der Waals surface area (Å²) in [6, 6.07) is 0. The lowest BCUT2D eigenvalue weighted by Crippen LogP contribution is -1.99. The minimum Gasteiger partial charge on any atom is -0.294 e. The summed E-state index contributed by atoms with van der Waals surface area (Å²) in [5.41, 5.74) is 0. The molecule has 0 aliphatic rings. The maximum Gasteiger partial charge on any atom is 0.171 e. The van der Waals surface area contributed by atoms with Crippen LogP contribution in [0.2, 0.25) is 0 Å². The average Bonchev–Trinajstić information content (AvgIpc) is 2.02. The quantitative estimate of drug-likeness (QED) is 0.440. The number of alkyl halides is 1. The number of carbonyl (C=O) groups excluding carboxylic acids is 1. The zero-order valence-electron chi connectivity index (χ0n) is 7.12. The fourth-order valence-electron chi connectivity index (χ4n) is 0.759. The molecule has 0 fully saturated rings. The van der Waals surface area contributed by atoms with Crippen LogP contribution in [-0.4, -0.2) is 10.6 Å². The third kappa shape index (κ3) is 7.28. The van der Waals surface area contributed by atoms with Crippen molar-refractivity contribution in [2.45, 2.75) is 31.0 Å². The molecule has 1 unspecified atom stereocenters. The van der Waals surface area contributed by atoms with Crippen LogP contribution >= 0.6 is 63.7 Å². The summed E-state index contributed by atoms with van der Waals surface area (Å²) < 4.78 is 1.26. The highest BCUT2D eigenvalue weighted by Crippen LogP contribution is 2.25. The lowest BCUT2D eigenvalue weighted by atomic mass is 10.1. The molecule has 0 bridgehead atoms. The molecule has 13 heavy (non-hydrogen) atoms. The van der Waals surface area contributed by atoms with E-state index in [0.29, 0.717) is 19.1 Å². The summed E-state index contributed by atoms with van der Waals surface area (Å²) >= 11 is 13.0. The van der Waals surface area contributed by atoms with E-state index in [4.69, 9.17) is 0 Å². The summed E-state index contributed by atoms with van der Waals surface area (Å²) in [6.45, 7) is 2.08. The predicted octanol–water partition coefficient (Wildman–Crippen LogP) is 4.86. The molecule has 0 heterocycles. The van der Waals surface area contributed by atoms with E-state index < -0.39 is 0 Å². The first-order valence-electron chi connectivity index (χ1n) is 3.83. The molecular formula is C8H10Br4O. The third-order valence-corrected chi connectivity index (χ3v) is 4.57. The Morgan fingerprint density at radius 3 is 2.23 bits per heavy atom. The molecule has 0 saturated heterocycles. The van der Waals surface area contributed by atoms with Crippen molar-refractivity contribution in [1.29, 1.82) is 0 Å². The van der Waals surface area contributed by atoms with Crippen molar-refractivity contribution < 1.29 is 4.79 Å². The van der Waals surface area contributed by atoms with Gasteiger partial charge in [0.15, 0.2) is 5.78 Å². The van der Waals surface area contributed by atoms with Gasteiger partial charge in [-0.3, -0.25) is 4.79 Å². The van der Waals surface area contributed by atoms with E-state index in [1.165, 1.54) is 0 Å². The normalized spacial score (nSPS) is 12.4. The maximum atomic E-state index is 11.4. The van der Waals surface area contributed by atoms with E-state index in [1.54, 1.807) is 0 Å². The molecule has 0 aromatic heterocycles. The Kier molecular flexibility index (Phi) is 8.38. The van der Waals surface area contributed by atoms with Crippen molar-refractivity contribution in [2.75, 3.05) is 0 Å². The van der Waals surface area contributed by atoms with Crippen molar-refractivity contribution in [3.05, 3.63) is 7.87 Å². The van der Waals surface area contributed by atoms with Gasteiger partial charge < -0.3 is 0 Å². The van der Waals surface area contributed by atoms with E-state index in [-0.39, 0.29) is 5.78 Å². The lowest BCUT2D eigenvalue weighted by molar-refractivity contribution is -0.114. The summed E-state index contributed by atoms with van der Waals surface area (Å²) in [4.78, 5) is 11.9. The standard InChI is InChI=1S/C8H10Br4O/c1-5(9)3-2-4-6(13)7(10)8(11)12/h5H,2-4H2,1H3. The van der Waals surface area contributed by atoms with Gasteiger partial charge >= 0.3 is 0 Å². The molecule has 1 nitrogen and oxygen atoms in total. The number of allylic oxidation sites excluding steroid dienone is 1. The summed E-state index contributed by atoms with van der Waals surface area (Å²) in [7, 11) is 0. The number of rotatable bonds is 5. The Balaban J connectivity index is 3.83. The smallest absolute Gasteiger partial charge is 0.171 e. The fourth-order valence-corrected chi connectivity index (χ4v) is 1.72. The van der Waals surface area contributed by atoms with E-state index in [1.807, 2.05) is 0 Å². The zero-order chi connectivity index (χ0) is 10.4. The van der Waals surface area contributed by atoms with Gasteiger partial charge in [0.25, 0.3) is 0 Å². The molecule has 0 aliphatic carbocycles. The minimum absolute atomic E-state index is 0.122. The molecule has 5 heteroatoms. The van der Waals surface area contributed by atoms with Crippen molar-refractivity contribution >= 4 is 69.5 Å². The van der Waals surface area contributed by atoms with Crippen LogP contribution in [0.15, 0.2) is 7.87 Å². The van der Waals surface area contributed by atoms with E-state index >= 15 is 0 Å². The summed E-state index contributed by atoms with van der Waals surface area (Å²) in [6.07, 6.45) is 2.51. The Bertz CT molecular complexity index is 206. The molecule has 76 valence electrons. The summed E-state index contributed by atoms with van der Waals surface area (Å²) in [5, 5.41) is 0.